The SMILES string of the molecule is Cc1ccc2c(c1)C(c1ccccc1)(c1ccccc1)c1cc(N(c3ccc(-c4ccc(N(c5ccc6c(c5)-c5ccccc5C65c6ccccc6-c6ccccc65)c5ccccc5-c5ccccc5)cc4)cc3)c3ccc4c(c3)C(c3ccccc3)(c3ccccc3)c3cc(C)ccc3-4)ccc1-2. The van der Waals surface area contributed by atoms with Crippen LogP contribution in [0, 0.1) is 13.8 Å². The zero-order valence-electron chi connectivity index (χ0n) is 57.3. The highest BCUT2D eigenvalue weighted by Gasteiger charge is 2.53. The summed E-state index contributed by atoms with van der Waals surface area (Å²) in [5.41, 5.74) is 37.5. The summed E-state index contributed by atoms with van der Waals surface area (Å²) in [5.74, 6) is 0. The van der Waals surface area contributed by atoms with Crippen LogP contribution in [-0.2, 0) is 16.2 Å². The molecule has 484 valence electrons. The van der Waals surface area contributed by atoms with Gasteiger partial charge < -0.3 is 9.80 Å². The number of fused-ring (bicyclic) bond motifs is 16. The van der Waals surface area contributed by atoms with E-state index < -0.39 is 16.2 Å². The molecule has 0 heterocycles. The quantitative estimate of drug-likeness (QED) is 0.120. The Morgan fingerprint density at radius 3 is 0.913 bits per heavy atom. The van der Waals surface area contributed by atoms with Gasteiger partial charge in [-0.2, -0.15) is 0 Å². The first-order chi connectivity index (χ1) is 50.9. The van der Waals surface area contributed by atoms with Crippen molar-refractivity contribution in [3.63, 3.8) is 0 Å². The molecule has 0 bridgehead atoms. The maximum atomic E-state index is 2.51. The summed E-state index contributed by atoms with van der Waals surface area (Å²) >= 11 is 0. The van der Waals surface area contributed by atoms with Gasteiger partial charge in [0, 0.05) is 34.0 Å². The lowest BCUT2D eigenvalue weighted by molar-refractivity contribution is 0.766. The second kappa shape index (κ2) is 23.6. The molecule has 0 unspecified atom stereocenters. The molecule has 103 heavy (non-hydrogen) atoms. The van der Waals surface area contributed by atoms with E-state index in [1.165, 1.54) is 122 Å². The molecule has 20 rings (SSSR count). The van der Waals surface area contributed by atoms with Crippen molar-refractivity contribution in [2.45, 2.75) is 30.1 Å². The molecule has 0 aromatic heterocycles. The molecular formula is C101H70N2. The molecule has 16 aromatic carbocycles. The Hall–Kier alpha value is -12.9. The standard InChI is InChI=1S/C101H70N2/c1-67-44-57-85-87-59-54-79(65-96(87)99(94(85)62-67,72-28-10-4-11-29-72)73-30-12-5-13-31-73)102(80-55-60-88-86-58-45-68(2)63-95(86)100(97(88)66-80,74-32-14-6-15-33-74)75-34-16-7-17-35-75)76-50-46-69(47-51-76)70-48-52-77(53-49-70)103(98-43-25-21-36-81(98)71-26-8-3-9-27-71)78-56-61-93-89(64-78)84-39-20-24-42-92(84)101(93)90-40-22-18-37-82(90)83-38-19-23-41-91(83)101/h3-66H,1-2H3. The lowest BCUT2D eigenvalue weighted by Gasteiger charge is -2.36. The van der Waals surface area contributed by atoms with Crippen LogP contribution in [0.1, 0.15) is 77.9 Å². The molecule has 2 heteroatoms. The second-order valence-electron chi connectivity index (χ2n) is 28.3. The third kappa shape index (κ3) is 8.87. The van der Waals surface area contributed by atoms with Crippen molar-refractivity contribution in [2.75, 3.05) is 9.80 Å². The predicted molar refractivity (Wildman–Crippen MR) is 427 cm³/mol. The van der Waals surface area contributed by atoms with Crippen molar-refractivity contribution in [1.29, 1.82) is 0 Å². The Morgan fingerprint density at radius 2 is 0.476 bits per heavy atom. The molecule has 0 amide bonds. The molecule has 0 aliphatic heterocycles. The van der Waals surface area contributed by atoms with Crippen LogP contribution >= 0.6 is 0 Å². The molecule has 0 N–H and O–H groups in total. The molecule has 0 saturated carbocycles. The number of hydrogen-bond donors (Lipinski definition) is 0. The second-order valence-corrected chi connectivity index (χ2v) is 28.3. The van der Waals surface area contributed by atoms with Crippen molar-refractivity contribution >= 4 is 34.1 Å². The molecule has 1 spiro atoms. The molecule has 0 saturated heterocycles. The van der Waals surface area contributed by atoms with Gasteiger partial charge in [-0.15, -0.1) is 0 Å². The number of nitrogens with zero attached hydrogens (tertiary/aromatic N) is 2. The monoisotopic (exact) mass is 1310 g/mol. The Labute approximate surface area is 603 Å². The summed E-state index contributed by atoms with van der Waals surface area (Å²) in [6, 6.07) is 146. The Kier molecular flexibility index (Phi) is 13.8. The largest absolute Gasteiger partial charge is 0.310 e. The topological polar surface area (TPSA) is 6.48 Å². The zero-order chi connectivity index (χ0) is 68.4. The molecule has 0 fully saturated rings. The van der Waals surface area contributed by atoms with Crippen molar-refractivity contribution in [3.8, 4) is 66.8 Å². The maximum absolute atomic E-state index is 2.51. The van der Waals surface area contributed by atoms with Crippen LogP contribution in [0.3, 0.4) is 0 Å². The first-order valence-corrected chi connectivity index (χ1v) is 36.0. The molecular weight excluding hydrogens is 1240 g/mol. The number of anilines is 6. The van der Waals surface area contributed by atoms with Crippen molar-refractivity contribution in [2.24, 2.45) is 0 Å². The fourth-order valence-electron chi connectivity index (χ4n) is 18.7. The van der Waals surface area contributed by atoms with Crippen LogP contribution in [0.15, 0.2) is 388 Å². The van der Waals surface area contributed by atoms with E-state index in [2.05, 4.69) is 412 Å². The van der Waals surface area contributed by atoms with Crippen LogP contribution in [-0.4, -0.2) is 0 Å². The zero-order valence-corrected chi connectivity index (χ0v) is 57.3. The predicted octanol–water partition coefficient (Wildman–Crippen LogP) is 25.6. The first kappa shape index (κ1) is 60.1. The Bertz CT molecular complexity index is 5690. The summed E-state index contributed by atoms with van der Waals surface area (Å²) in [7, 11) is 0. The normalized spacial score (nSPS) is 13.8. The lowest BCUT2D eigenvalue weighted by Crippen LogP contribution is -2.29. The van der Waals surface area contributed by atoms with Crippen molar-refractivity contribution in [1.82, 2.24) is 0 Å². The minimum absolute atomic E-state index is 0.439. The highest BCUT2D eigenvalue weighted by Crippen LogP contribution is 2.65. The Morgan fingerprint density at radius 1 is 0.175 bits per heavy atom. The smallest absolute Gasteiger partial charge is 0.0725 e. The van der Waals surface area contributed by atoms with Gasteiger partial charge in [-0.3, -0.25) is 0 Å². The minimum atomic E-state index is -0.604. The van der Waals surface area contributed by atoms with Gasteiger partial charge in [0.1, 0.15) is 0 Å². The first-order valence-electron chi connectivity index (χ1n) is 36.0. The van der Waals surface area contributed by atoms with Crippen molar-refractivity contribution < 1.29 is 0 Å². The summed E-state index contributed by atoms with van der Waals surface area (Å²) < 4.78 is 0. The fourth-order valence-corrected chi connectivity index (χ4v) is 18.7. The lowest BCUT2D eigenvalue weighted by atomic mass is 9.67. The number of aryl methyl sites for hydroxylation is 2. The van der Waals surface area contributed by atoms with Gasteiger partial charge in [-0.05, 0) is 209 Å². The average molecular weight is 1310 g/mol. The van der Waals surface area contributed by atoms with Gasteiger partial charge in [-0.1, -0.05) is 333 Å². The summed E-state index contributed by atoms with van der Waals surface area (Å²) in [6.45, 7) is 4.46. The maximum Gasteiger partial charge on any atom is 0.0725 e. The number of para-hydroxylation sites is 1. The summed E-state index contributed by atoms with van der Waals surface area (Å²) in [4.78, 5) is 4.99. The number of hydrogen-bond acceptors (Lipinski definition) is 2. The van der Waals surface area contributed by atoms with Crippen LogP contribution < -0.4 is 9.80 Å². The van der Waals surface area contributed by atoms with Gasteiger partial charge in [0.05, 0.1) is 21.9 Å². The third-order valence-electron chi connectivity index (χ3n) is 22.9. The molecule has 2 nitrogen and oxygen atoms in total. The summed E-state index contributed by atoms with van der Waals surface area (Å²) in [5, 5.41) is 0. The van der Waals surface area contributed by atoms with Gasteiger partial charge in [0.15, 0.2) is 0 Å². The van der Waals surface area contributed by atoms with Crippen LogP contribution in [0.5, 0.6) is 0 Å². The van der Waals surface area contributed by atoms with Gasteiger partial charge >= 0.3 is 0 Å². The van der Waals surface area contributed by atoms with E-state index in [9.17, 15) is 0 Å². The van der Waals surface area contributed by atoms with E-state index in [0.29, 0.717) is 0 Å². The molecule has 16 aromatic rings. The van der Waals surface area contributed by atoms with E-state index >= 15 is 0 Å². The third-order valence-corrected chi connectivity index (χ3v) is 22.9. The average Bonchev–Trinajstić information content (AvgIpc) is 1.56. The van der Waals surface area contributed by atoms with E-state index in [1.807, 2.05) is 0 Å². The Balaban J connectivity index is 0.747. The molecule has 0 atom stereocenters. The van der Waals surface area contributed by atoms with Crippen LogP contribution in [0.25, 0.3) is 66.8 Å². The van der Waals surface area contributed by atoms with Crippen LogP contribution in [0.4, 0.5) is 34.1 Å². The summed E-state index contributed by atoms with van der Waals surface area (Å²) in [6.07, 6.45) is 0. The highest BCUT2D eigenvalue weighted by molar-refractivity contribution is 5.99. The van der Waals surface area contributed by atoms with Gasteiger partial charge in [-0.25, -0.2) is 0 Å². The van der Waals surface area contributed by atoms with Crippen molar-refractivity contribution in [3.05, 3.63) is 466 Å². The fraction of sp³-hybridized carbons (Fsp3) is 0.0495. The van der Waals surface area contributed by atoms with E-state index in [-0.39, 0.29) is 0 Å². The molecule has 0 radical (unpaired) electrons. The minimum Gasteiger partial charge on any atom is -0.310 e. The van der Waals surface area contributed by atoms with Gasteiger partial charge in [0.25, 0.3) is 0 Å². The van der Waals surface area contributed by atoms with E-state index in [4.69, 9.17) is 0 Å². The molecule has 4 aliphatic rings. The number of rotatable bonds is 12. The highest BCUT2D eigenvalue weighted by atomic mass is 15.1. The van der Waals surface area contributed by atoms with Crippen LogP contribution in [0.2, 0.25) is 0 Å². The van der Waals surface area contributed by atoms with E-state index in [1.54, 1.807) is 0 Å². The molecule has 4 aliphatic carbocycles. The van der Waals surface area contributed by atoms with Gasteiger partial charge in [0.2, 0.25) is 0 Å². The van der Waals surface area contributed by atoms with E-state index in [0.717, 1.165) is 56.4 Å². The number of benzene rings is 16.